The topological polar surface area (TPSA) is 32.3 Å². The molecule has 1 aliphatic rings. The molecular weight excluding hydrogens is 339 g/mol. The van der Waals surface area contributed by atoms with E-state index in [4.69, 9.17) is 11.6 Å². The zero-order chi connectivity index (χ0) is 18.0. The Morgan fingerprint density at radius 3 is 2.68 bits per heavy atom. The SMILES string of the molecule is Cc1ccc(NC(=O)CN(Cc2c(F)cccc2Cl)C2CC2)c(C)c1. The van der Waals surface area contributed by atoms with Crippen molar-refractivity contribution in [1.82, 2.24) is 4.90 Å². The summed E-state index contributed by atoms with van der Waals surface area (Å²) in [7, 11) is 0. The lowest BCUT2D eigenvalue weighted by atomic mass is 10.1. The van der Waals surface area contributed by atoms with Gasteiger partial charge in [0.05, 0.1) is 6.54 Å². The summed E-state index contributed by atoms with van der Waals surface area (Å²) in [6.07, 6.45) is 2.06. The van der Waals surface area contributed by atoms with Crippen molar-refractivity contribution in [3.63, 3.8) is 0 Å². The fourth-order valence-electron chi connectivity index (χ4n) is 2.97. The van der Waals surface area contributed by atoms with Crippen molar-refractivity contribution in [3.8, 4) is 0 Å². The first-order chi connectivity index (χ1) is 11.9. The zero-order valence-corrected chi connectivity index (χ0v) is 15.2. The summed E-state index contributed by atoms with van der Waals surface area (Å²) in [5, 5.41) is 3.36. The van der Waals surface area contributed by atoms with Crippen LogP contribution in [-0.2, 0) is 11.3 Å². The number of benzene rings is 2. The molecule has 25 heavy (non-hydrogen) atoms. The lowest BCUT2D eigenvalue weighted by Gasteiger charge is -2.22. The summed E-state index contributed by atoms with van der Waals surface area (Å²) in [6.45, 7) is 4.56. The van der Waals surface area contributed by atoms with Crippen LogP contribution in [0.1, 0.15) is 29.5 Å². The minimum atomic E-state index is -0.326. The average molecular weight is 361 g/mol. The van der Waals surface area contributed by atoms with Crippen LogP contribution in [-0.4, -0.2) is 23.4 Å². The van der Waals surface area contributed by atoms with Gasteiger partial charge in [-0.1, -0.05) is 35.4 Å². The lowest BCUT2D eigenvalue weighted by molar-refractivity contribution is -0.117. The van der Waals surface area contributed by atoms with E-state index in [0.29, 0.717) is 23.2 Å². The molecule has 0 spiro atoms. The van der Waals surface area contributed by atoms with Gasteiger partial charge in [-0.3, -0.25) is 9.69 Å². The van der Waals surface area contributed by atoms with Crippen molar-refractivity contribution in [3.05, 3.63) is 63.9 Å². The quantitative estimate of drug-likeness (QED) is 0.809. The van der Waals surface area contributed by atoms with Gasteiger partial charge in [0.2, 0.25) is 5.91 Å². The molecule has 0 saturated heterocycles. The van der Waals surface area contributed by atoms with Gasteiger partial charge < -0.3 is 5.32 Å². The fourth-order valence-corrected chi connectivity index (χ4v) is 3.19. The summed E-state index contributed by atoms with van der Waals surface area (Å²) >= 11 is 6.13. The van der Waals surface area contributed by atoms with Crippen LogP contribution < -0.4 is 5.32 Å². The number of nitrogens with one attached hydrogen (secondary N) is 1. The average Bonchev–Trinajstić information content (AvgIpc) is 3.37. The van der Waals surface area contributed by atoms with Crippen LogP contribution in [0.4, 0.5) is 10.1 Å². The number of amides is 1. The molecule has 1 N–H and O–H groups in total. The van der Waals surface area contributed by atoms with Crippen LogP contribution in [0.5, 0.6) is 0 Å². The number of rotatable bonds is 6. The second kappa shape index (κ2) is 7.54. The molecule has 0 atom stereocenters. The molecule has 0 heterocycles. The minimum absolute atomic E-state index is 0.0914. The van der Waals surface area contributed by atoms with Gasteiger partial charge in [0.1, 0.15) is 5.82 Å². The molecule has 0 aromatic heterocycles. The van der Waals surface area contributed by atoms with Crippen LogP contribution in [0.3, 0.4) is 0 Å². The van der Waals surface area contributed by atoms with E-state index in [0.717, 1.165) is 29.7 Å². The van der Waals surface area contributed by atoms with E-state index < -0.39 is 0 Å². The molecule has 1 fully saturated rings. The molecule has 0 unspecified atom stereocenters. The number of anilines is 1. The maximum Gasteiger partial charge on any atom is 0.238 e. The summed E-state index contributed by atoms with van der Waals surface area (Å²) in [5.74, 6) is -0.417. The number of nitrogens with zero attached hydrogens (tertiary/aromatic N) is 1. The molecule has 3 nitrogen and oxygen atoms in total. The van der Waals surface area contributed by atoms with Crippen LogP contribution in [0.2, 0.25) is 5.02 Å². The van der Waals surface area contributed by atoms with Gasteiger partial charge in [-0.25, -0.2) is 4.39 Å². The van der Waals surface area contributed by atoms with E-state index in [1.165, 1.54) is 6.07 Å². The number of carbonyl (C=O) groups excluding carboxylic acids is 1. The third-order valence-corrected chi connectivity index (χ3v) is 4.84. The van der Waals surface area contributed by atoms with Crippen molar-refractivity contribution in [1.29, 1.82) is 0 Å². The second-order valence-corrected chi connectivity index (χ2v) is 7.11. The molecule has 3 rings (SSSR count). The van der Waals surface area contributed by atoms with Gasteiger partial charge in [0.15, 0.2) is 0 Å². The Bertz CT molecular complexity index is 769. The van der Waals surface area contributed by atoms with Gasteiger partial charge >= 0.3 is 0 Å². The van der Waals surface area contributed by atoms with Crippen LogP contribution in [0, 0.1) is 19.7 Å². The van der Waals surface area contributed by atoms with E-state index in [9.17, 15) is 9.18 Å². The van der Waals surface area contributed by atoms with E-state index in [-0.39, 0.29) is 18.3 Å². The number of aryl methyl sites for hydroxylation is 2. The van der Waals surface area contributed by atoms with E-state index in [1.54, 1.807) is 12.1 Å². The van der Waals surface area contributed by atoms with Crippen molar-refractivity contribution in [2.45, 2.75) is 39.3 Å². The lowest BCUT2D eigenvalue weighted by Crippen LogP contribution is -2.35. The molecule has 5 heteroatoms. The van der Waals surface area contributed by atoms with Crippen molar-refractivity contribution < 1.29 is 9.18 Å². The maximum atomic E-state index is 14.1. The standard InChI is InChI=1S/C20H22ClFN2O/c1-13-6-9-19(14(2)10-13)23-20(25)12-24(15-7-8-15)11-16-17(21)4-3-5-18(16)22/h3-6,9-10,15H,7-8,11-12H2,1-2H3,(H,23,25). The van der Waals surface area contributed by atoms with E-state index in [2.05, 4.69) is 5.32 Å². The Balaban J connectivity index is 1.68. The van der Waals surface area contributed by atoms with Gasteiger partial charge in [-0.15, -0.1) is 0 Å². The third-order valence-electron chi connectivity index (χ3n) is 4.49. The smallest absolute Gasteiger partial charge is 0.238 e. The molecule has 2 aromatic rings. The number of hydrogen-bond acceptors (Lipinski definition) is 2. The Labute approximate surface area is 152 Å². The predicted molar refractivity (Wildman–Crippen MR) is 99.4 cm³/mol. The summed E-state index contributed by atoms with van der Waals surface area (Å²) in [5.41, 5.74) is 3.46. The molecule has 1 amide bonds. The largest absolute Gasteiger partial charge is 0.325 e. The summed E-state index contributed by atoms with van der Waals surface area (Å²) in [4.78, 5) is 14.5. The Hall–Kier alpha value is -1.91. The Kier molecular flexibility index (Phi) is 5.40. The van der Waals surface area contributed by atoms with Crippen molar-refractivity contribution in [2.75, 3.05) is 11.9 Å². The second-order valence-electron chi connectivity index (χ2n) is 6.70. The van der Waals surface area contributed by atoms with E-state index >= 15 is 0 Å². The first kappa shape index (κ1) is 17.9. The van der Waals surface area contributed by atoms with E-state index in [1.807, 2.05) is 36.9 Å². The molecule has 0 radical (unpaired) electrons. The van der Waals surface area contributed by atoms with Crippen molar-refractivity contribution >= 4 is 23.2 Å². The monoisotopic (exact) mass is 360 g/mol. The normalized spacial score (nSPS) is 14.0. The Morgan fingerprint density at radius 2 is 2.04 bits per heavy atom. The van der Waals surface area contributed by atoms with Gasteiger partial charge in [0, 0.05) is 28.9 Å². The fraction of sp³-hybridized carbons (Fsp3) is 0.350. The third kappa shape index (κ3) is 4.59. The first-order valence-electron chi connectivity index (χ1n) is 8.48. The minimum Gasteiger partial charge on any atom is -0.325 e. The number of hydrogen-bond donors (Lipinski definition) is 1. The highest BCUT2D eigenvalue weighted by Gasteiger charge is 2.31. The molecule has 2 aromatic carbocycles. The molecule has 0 bridgehead atoms. The number of halogens is 2. The molecule has 1 aliphatic carbocycles. The molecule has 1 saturated carbocycles. The maximum absolute atomic E-state index is 14.1. The highest BCUT2D eigenvalue weighted by atomic mass is 35.5. The van der Waals surface area contributed by atoms with Crippen LogP contribution in [0.15, 0.2) is 36.4 Å². The zero-order valence-electron chi connectivity index (χ0n) is 14.5. The Morgan fingerprint density at radius 1 is 1.28 bits per heavy atom. The molecular formula is C20H22ClFN2O. The van der Waals surface area contributed by atoms with Gasteiger partial charge in [-0.05, 0) is 50.5 Å². The van der Waals surface area contributed by atoms with Gasteiger partial charge in [0.25, 0.3) is 0 Å². The summed E-state index contributed by atoms with van der Waals surface area (Å²) < 4.78 is 14.1. The predicted octanol–water partition coefficient (Wildman–Crippen LogP) is 4.70. The molecule has 0 aliphatic heterocycles. The molecule has 132 valence electrons. The summed E-state index contributed by atoms with van der Waals surface area (Å²) in [6, 6.07) is 10.9. The highest BCUT2D eigenvalue weighted by Crippen LogP contribution is 2.30. The van der Waals surface area contributed by atoms with Crippen LogP contribution >= 0.6 is 11.6 Å². The highest BCUT2D eigenvalue weighted by molar-refractivity contribution is 6.31. The number of carbonyl (C=O) groups is 1. The van der Waals surface area contributed by atoms with Crippen LogP contribution in [0.25, 0.3) is 0 Å². The van der Waals surface area contributed by atoms with Crippen molar-refractivity contribution in [2.24, 2.45) is 0 Å². The van der Waals surface area contributed by atoms with Gasteiger partial charge in [-0.2, -0.15) is 0 Å². The first-order valence-corrected chi connectivity index (χ1v) is 8.86.